The molecule has 0 bridgehead atoms. The van der Waals surface area contributed by atoms with Gasteiger partial charge in [-0.2, -0.15) is 0 Å². The van der Waals surface area contributed by atoms with Crippen LogP contribution in [0.25, 0.3) is 0 Å². The van der Waals surface area contributed by atoms with Gasteiger partial charge in [0, 0.05) is 12.4 Å². The molecule has 92 valence electrons. The molecule has 2 heteroatoms. The number of hydrogen-bond acceptors (Lipinski definition) is 2. The molecule has 1 atom stereocenters. The van der Waals surface area contributed by atoms with Crippen LogP contribution >= 0.6 is 0 Å². The van der Waals surface area contributed by atoms with Crippen molar-refractivity contribution in [1.82, 2.24) is 4.98 Å². The third-order valence-corrected chi connectivity index (χ3v) is 3.74. The van der Waals surface area contributed by atoms with E-state index in [9.17, 15) is 0 Å². The highest BCUT2D eigenvalue weighted by Crippen LogP contribution is 2.27. The van der Waals surface area contributed by atoms with Crippen molar-refractivity contribution in [2.75, 3.05) is 0 Å². The highest BCUT2D eigenvalue weighted by molar-refractivity contribution is 5.39. The summed E-state index contributed by atoms with van der Waals surface area (Å²) >= 11 is 0. The summed E-state index contributed by atoms with van der Waals surface area (Å²) in [7, 11) is 0. The lowest BCUT2D eigenvalue weighted by atomic mass is 9.97. The number of aromatic nitrogens is 1. The van der Waals surface area contributed by atoms with Crippen molar-refractivity contribution in [2.45, 2.75) is 32.2 Å². The highest BCUT2D eigenvalue weighted by Gasteiger charge is 2.15. The molecule has 0 fully saturated rings. The average molecular weight is 238 g/mol. The van der Waals surface area contributed by atoms with E-state index in [2.05, 4.69) is 29.2 Å². The zero-order valence-corrected chi connectivity index (χ0v) is 10.7. The number of aryl methyl sites for hydroxylation is 3. The molecule has 2 aromatic rings. The van der Waals surface area contributed by atoms with E-state index >= 15 is 0 Å². The summed E-state index contributed by atoms with van der Waals surface area (Å²) in [5.41, 5.74) is 12.8. The van der Waals surface area contributed by atoms with Crippen molar-refractivity contribution in [3.05, 3.63) is 64.5 Å². The number of pyridine rings is 1. The van der Waals surface area contributed by atoms with Gasteiger partial charge in [-0.25, -0.2) is 0 Å². The van der Waals surface area contributed by atoms with Crippen LogP contribution in [0.4, 0.5) is 0 Å². The molecule has 1 heterocycles. The van der Waals surface area contributed by atoms with Gasteiger partial charge in [0.05, 0.1) is 6.04 Å². The van der Waals surface area contributed by atoms with Crippen LogP contribution in [-0.2, 0) is 12.8 Å². The fourth-order valence-corrected chi connectivity index (χ4v) is 2.73. The molecular formula is C16H18N2. The van der Waals surface area contributed by atoms with Gasteiger partial charge in [-0.3, -0.25) is 4.98 Å². The Labute approximate surface area is 108 Å². The average Bonchev–Trinajstić information content (AvgIpc) is 2.85. The summed E-state index contributed by atoms with van der Waals surface area (Å²) in [6, 6.07) is 8.72. The smallest absolute Gasteiger partial charge is 0.0567 e. The van der Waals surface area contributed by atoms with Crippen LogP contribution in [0.2, 0.25) is 0 Å². The first kappa shape index (κ1) is 11.4. The van der Waals surface area contributed by atoms with E-state index in [1.807, 2.05) is 19.3 Å². The van der Waals surface area contributed by atoms with Gasteiger partial charge in [-0.05, 0) is 54.0 Å². The Kier molecular flexibility index (Phi) is 2.88. The lowest BCUT2D eigenvalue weighted by molar-refractivity contribution is 0.857. The monoisotopic (exact) mass is 238 g/mol. The Balaban J connectivity index is 1.95. The Hall–Kier alpha value is -1.67. The minimum absolute atomic E-state index is 0.0664. The highest BCUT2D eigenvalue weighted by atomic mass is 14.7. The Morgan fingerprint density at radius 2 is 1.89 bits per heavy atom. The second-order valence-corrected chi connectivity index (χ2v) is 5.15. The zero-order chi connectivity index (χ0) is 12.5. The third-order valence-electron chi connectivity index (χ3n) is 3.74. The lowest BCUT2D eigenvalue weighted by Crippen LogP contribution is -2.12. The number of benzene rings is 1. The first-order valence-electron chi connectivity index (χ1n) is 6.53. The molecule has 0 amide bonds. The second-order valence-electron chi connectivity index (χ2n) is 5.15. The molecule has 18 heavy (non-hydrogen) atoms. The number of nitrogens with zero attached hydrogens (tertiary/aromatic N) is 1. The molecule has 0 radical (unpaired) electrons. The van der Waals surface area contributed by atoms with E-state index in [-0.39, 0.29) is 6.04 Å². The molecule has 2 nitrogen and oxygen atoms in total. The van der Waals surface area contributed by atoms with Crippen molar-refractivity contribution in [1.29, 1.82) is 0 Å². The van der Waals surface area contributed by atoms with Gasteiger partial charge in [0.15, 0.2) is 0 Å². The molecule has 2 N–H and O–H groups in total. The maximum absolute atomic E-state index is 6.34. The largest absolute Gasteiger partial charge is 0.320 e. The van der Waals surface area contributed by atoms with Gasteiger partial charge in [0.2, 0.25) is 0 Å². The van der Waals surface area contributed by atoms with Crippen molar-refractivity contribution in [3.63, 3.8) is 0 Å². The molecule has 0 saturated carbocycles. The number of hydrogen-bond donors (Lipinski definition) is 1. The normalized spacial score (nSPS) is 15.4. The lowest BCUT2D eigenvalue weighted by Gasteiger charge is -2.14. The number of rotatable bonds is 2. The molecule has 0 spiro atoms. The fraction of sp³-hybridized carbons (Fsp3) is 0.312. The molecule has 0 saturated heterocycles. The van der Waals surface area contributed by atoms with Gasteiger partial charge >= 0.3 is 0 Å². The van der Waals surface area contributed by atoms with E-state index in [0.29, 0.717) is 0 Å². The predicted octanol–water partition coefficient (Wildman–Crippen LogP) is 2.93. The van der Waals surface area contributed by atoms with Crippen LogP contribution in [-0.4, -0.2) is 4.98 Å². The molecule has 3 rings (SSSR count). The first-order valence-corrected chi connectivity index (χ1v) is 6.53. The Morgan fingerprint density at radius 3 is 2.72 bits per heavy atom. The predicted molar refractivity (Wildman–Crippen MR) is 73.5 cm³/mol. The van der Waals surface area contributed by atoms with Crippen molar-refractivity contribution in [3.8, 4) is 0 Å². The summed E-state index contributed by atoms with van der Waals surface area (Å²) < 4.78 is 0. The number of nitrogens with two attached hydrogens (primary N) is 1. The van der Waals surface area contributed by atoms with Crippen molar-refractivity contribution in [2.24, 2.45) is 5.73 Å². The third kappa shape index (κ3) is 2.04. The second kappa shape index (κ2) is 4.54. The van der Waals surface area contributed by atoms with E-state index in [1.165, 1.54) is 36.0 Å². The summed E-state index contributed by atoms with van der Waals surface area (Å²) in [4.78, 5) is 4.22. The number of fused-ring (bicyclic) bond motifs is 1. The summed E-state index contributed by atoms with van der Waals surface area (Å²) in [6.07, 6.45) is 7.42. The van der Waals surface area contributed by atoms with Gasteiger partial charge in [0.25, 0.3) is 0 Å². The van der Waals surface area contributed by atoms with Gasteiger partial charge < -0.3 is 5.73 Å². The molecule has 1 aliphatic rings. The fourth-order valence-electron chi connectivity index (χ4n) is 2.73. The van der Waals surface area contributed by atoms with Gasteiger partial charge in [0.1, 0.15) is 0 Å². The minimum atomic E-state index is -0.0664. The Bertz CT molecular complexity index is 575. The quantitative estimate of drug-likeness (QED) is 0.873. The van der Waals surface area contributed by atoms with Gasteiger partial charge in [-0.15, -0.1) is 0 Å². The van der Waals surface area contributed by atoms with E-state index in [1.54, 1.807) is 0 Å². The molecule has 1 aliphatic carbocycles. The van der Waals surface area contributed by atoms with Crippen molar-refractivity contribution >= 4 is 0 Å². The Morgan fingerprint density at radius 1 is 1.06 bits per heavy atom. The van der Waals surface area contributed by atoms with E-state index < -0.39 is 0 Å². The maximum Gasteiger partial charge on any atom is 0.0567 e. The molecule has 1 unspecified atom stereocenters. The van der Waals surface area contributed by atoms with Crippen LogP contribution in [0.1, 0.15) is 40.3 Å². The molecule has 1 aromatic carbocycles. The summed E-state index contributed by atoms with van der Waals surface area (Å²) in [6.45, 7) is 2.05. The topological polar surface area (TPSA) is 38.9 Å². The molecule has 0 aliphatic heterocycles. The maximum atomic E-state index is 6.34. The minimum Gasteiger partial charge on any atom is -0.320 e. The first-order chi connectivity index (χ1) is 8.74. The molecule has 1 aromatic heterocycles. The van der Waals surface area contributed by atoms with Crippen LogP contribution in [0.15, 0.2) is 36.7 Å². The van der Waals surface area contributed by atoms with E-state index in [0.717, 1.165) is 11.1 Å². The summed E-state index contributed by atoms with van der Waals surface area (Å²) in [5, 5.41) is 0. The van der Waals surface area contributed by atoms with Gasteiger partial charge in [-0.1, -0.05) is 24.3 Å². The van der Waals surface area contributed by atoms with Crippen molar-refractivity contribution < 1.29 is 0 Å². The SMILES string of the molecule is Cc1cncc(C(N)c2ccc3c(c2)CCC3)c1. The van der Waals surface area contributed by atoms with Crippen LogP contribution in [0.3, 0.4) is 0 Å². The molecular weight excluding hydrogens is 220 g/mol. The van der Waals surface area contributed by atoms with E-state index in [4.69, 9.17) is 5.73 Å². The van der Waals surface area contributed by atoms with Crippen LogP contribution < -0.4 is 5.73 Å². The van der Waals surface area contributed by atoms with Crippen LogP contribution in [0, 0.1) is 6.92 Å². The standard InChI is InChI=1S/C16H18N2/c1-11-7-15(10-18-9-11)16(17)14-6-5-12-3-2-4-13(12)8-14/h5-10,16H,2-4,17H2,1H3. The van der Waals surface area contributed by atoms with Crippen LogP contribution in [0.5, 0.6) is 0 Å². The zero-order valence-electron chi connectivity index (χ0n) is 10.7. The summed E-state index contributed by atoms with van der Waals surface area (Å²) in [5.74, 6) is 0.